The van der Waals surface area contributed by atoms with Crippen LogP contribution in [0.25, 0.3) is 0 Å². The smallest absolute Gasteiger partial charge is 0.0635 e. The average Bonchev–Trinajstić information content (AvgIpc) is 2.60. The molecule has 1 rings (SSSR count). The maximum absolute atomic E-state index is 8.21. The largest absolute Gasteiger partial charge is 0.315 e. The highest BCUT2D eigenvalue weighted by Crippen LogP contribution is 2.36. The second kappa shape index (κ2) is 3.58. The minimum Gasteiger partial charge on any atom is -0.315 e. The van der Waals surface area contributed by atoms with E-state index in [9.17, 15) is 0 Å². The van der Waals surface area contributed by atoms with Gasteiger partial charge in [0.05, 0.1) is 6.07 Å². The van der Waals surface area contributed by atoms with E-state index < -0.39 is 0 Å². The van der Waals surface area contributed by atoms with E-state index in [0.717, 1.165) is 24.9 Å². The van der Waals surface area contributed by atoms with Crippen LogP contribution < -0.4 is 5.32 Å². The lowest BCUT2D eigenvalue weighted by atomic mass is 10.3. The molecule has 1 saturated carbocycles. The topological polar surface area (TPSA) is 35.8 Å². The van der Waals surface area contributed by atoms with E-state index in [1.807, 2.05) is 0 Å². The third kappa shape index (κ3) is 2.36. The van der Waals surface area contributed by atoms with E-state index in [-0.39, 0.29) is 0 Å². The molecular weight excluding hydrogens is 124 g/mol. The molecule has 1 aliphatic carbocycles. The summed E-state index contributed by atoms with van der Waals surface area (Å²) in [5.41, 5.74) is 0. The van der Waals surface area contributed by atoms with Gasteiger partial charge in [0.2, 0.25) is 0 Å². The van der Waals surface area contributed by atoms with Crippen LogP contribution in [0.4, 0.5) is 0 Å². The average molecular weight is 138 g/mol. The molecule has 0 bridgehead atoms. The van der Waals surface area contributed by atoms with Crippen LogP contribution in [0.15, 0.2) is 0 Å². The lowest BCUT2D eigenvalue weighted by Gasteiger charge is -1.97. The molecule has 0 amide bonds. The number of hydrogen-bond donors (Lipinski definition) is 1. The fourth-order valence-electron chi connectivity index (χ4n) is 1.12. The van der Waals surface area contributed by atoms with Crippen LogP contribution in [0.3, 0.4) is 0 Å². The lowest BCUT2D eigenvalue weighted by Crippen LogP contribution is -2.18. The van der Waals surface area contributed by atoms with E-state index in [4.69, 9.17) is 5.26 Å². The van der Waals surface area contributed by atoms with Crippen molar-refractivity contribution in [1.29, 1.82) is 5.26 Å². The van der Waals surface area contributed by atoms with Crippen molar-refractivity contribution in [2.75, 3.05) is 13.1 Å². The Hall–Kier alpha value is -0.550. The number of nitriles is 1. The Morgan fingerprint density at radius 2 is 2.40 bits per heavy atom. The van der Waals surface area contributed by atoms with Gasteiger partial charge in [-0.2, -0.15) is 5.26 Å². The first kappa shape index (κ1) is 7.56. The van der Waals surface area contributed by atoms with E-state index >= 15 is 0 Å². The van der Waals surface area contributed by atoms with Gasteiger partial charge in [0.1, 0.15) is 0 Å². The molecule has 0 aromatic rings. The molecule has 2 unspecified atom stereocenters. The molecule has 0 aromatic heterocycles. The van der Waals surface area contributed by atoms with Crippen molar-refractivity contribution in [1.82, 2.24) is 5.32 Å². The van der Waals surface area contributed by atoms with E-state index in [1.54, 1.807) is 0 Å². The highest BCUT2D eigenvalue weighted by Gasteiger charge is 2.31. The summed E-state index contributed by atoms with van der Waals surface area (Å²) in [7, 11) is 0. The maximum atomic E-state index is 8.21. The quantitative estimate of drug-likeness (QED) is 0.591. The van der Waals surface area contributed by atoms with Gasteiger partial charge in [-0.1, -0.05) is 6.92 Å². The molecule has 0 radical (unpaired) electrons. The van der Waals surface area contributed by atoms with Crippen LogP contribution in [0.5, 0.6) is 0 Å². The summed E-state index contributed by atoms with van der Waals surface area (Å²) in [6.45, 7) is 4.25. The Labute approximate surface area is 62.2 Å². The number of rotatable bonds is 4. The zero-order chi connectivity index (χ0) is 7.40. The highest BCUT2D eigenvalue weighted by molar-refractivity contribution is 4.84. The van der Waals surface area contributed by atoms with Crippen LogP contribution in [0.1, 0.15) is 19.8 Å². The van der Waals surface area contributed by atoms with Crippen molar-refractivity contribution in [2.24, 2.45) is 11.8 Å². The molecule has 1 fully saturated rings. The molecule has 0 aliphatic heterocycles. The molecule has 56 valence electrons. The fraction of sp³-hybridized carbons (Fsp3) is 0.875. The van der Waals surface area contributed by atoms with Crippen molar-refractivity contribution in [3.8, 4) is 6.07 Å². The maximum Gasteiger partial charge on any atom is 0.0635 e. The summed E-state index contributed by atoms with van der Waals surface area (Å²) in [5, 5.41) is 11.5. The van der Waals surface area contributed by atoms with Gasteiger partial charge in [0, 0.05) is 13.0 Å². The zero-order valence-electron chi connectivity index (χ0n) is 6.43. The summed E-state index contributed by atoms with van der Waals surface area (Å²) in [5.74, 6) is 1.83. The van der Waals surface area contributed by atoms with Gasteiger partial charge in [-0.05, 0) is 24.8 Å². The molecule has 0 spiro atoms. The Morgan fingerprint density at radius 1 is 1.70 bits per heavy atom. The third-order valence-corrected chi connectivity index (χ3v) is 2.10. The standard InChI is InChI=1S/C8H14N2/c1-7-5-8(7)6-10-4-2-3-9/h7-8,10H,2,4-6H2,1H3. The second-order valence-electron chi connectivity index (χ2n) is 3.09. The van der Waals surface area contributed by atoms with Crippen LogP contribution in [-0.4, -0.2) is 13.1 Å². The molecule has 2 nitrogen and oxygen atoms in total. The van der Waals surface area contributed by atoms with Gasteiger partial charge in [-0.3, -0.25) is 0 Å². The Morgan fingerprint density at radius 3 is 2.90 bits per heavy atom. The first-order valence-electron chi connectivity index (χ1n) is 3.92. The van der Waals surface area contributed by atoms with Gasteiger partial charge in [-0.15, -0.1) is 0 Å². The minimum atomic E-state index is 0.640. The van der Waals surface area contributed by atoms with Gasteiger partial charge in [0.15, 0.2) is 0 Å². The van der Waals surface area contributed by atoms with E-state index in [2.05, 4.69) is 18.3 Å². The minimum absolute atomic E-state index is 0.640. The highest BCUT2D eigenvalue weighted by atomic mass is 14.9. The first-order chi connectivity index (χ1) is 4.84. The molecule has 10 heavy (non-hydrogen) atoms. The second-order valence-corrected chi connectivity index (χ2v) is 3.09. The van der Waals surface area contributed by atoms with Crippen molar-refractivity contribution in [3.63, 3.8) is 0 Å². The summed E-state index contributed by atoms with van der Waals surface area (Å²) < 4.78 is 0. The van der Waals surface area contributed by atoms with Crippen LogP contribution in [0, 0.1) is 23.2 Å². The Bertz CT molecular complexity index is 137. The van der Waals surface area contributed by atoms with Crippen LogP contribution in [0.2, 0.25) is 0 Å². The predicted molar refractivity (Wildman–Crippen MR) is 40.4 cm³/mol. The van der Waals surface area contributed by atoms with Crippen molar-refractivity contribution < 1.29 is 0 Å². The van der Waals surface area contributed by atoms with Gasteiger partial charge in [-0.25, -0.2) is 0 Å². The molecule has 1 aliphatic rings. The molecular formula is C8H14N2. The predicted octanol–water partition coefficient (Wildman–Crippen LogP) is 1.15. The lowest BCUT2D eigenvalue weighted by molar-refractivity contribution is 0.618. The normalized spacial score (nSPS) is 29.6. The number of nitrogens with zero attached hydrogens (tertiary/aromatic N) is 1. The van der Waals surface area contributed by atoms with Gasteiger partial charge < -0.3 is 5.32 Å². The Kier molecular flexibility index (Phi) is 2.70. The summed E-state index contributed by atoms with van der Waals surface area (Å²) in [6, 6.07) is 2.11. The van der Waals surface area contributed by atoms with Crippen molar-refractivity contribution >= 4 is 0 Å². The third-order valence-electron chi connectivity index (χ3n) is 2.10. The monoisotopic (exact) mass is 138 g/mol. The van der Waals surface area contributed by atoms with Crippen molar-refractivity contribution in [2.45, 2.75) is 19.8 Å². The van der Waals surface area contributed by atoms with Crippen molar-refractivity contribution in [3.05, 3.63) is 0 Å². The van der Waals surface area contributed by atoms with Gasteiger partial charge in [0.25, 0.3) is 0 Å². The van der Waals surface area contributed by atoms with E-state index in [1.165, 1.54) is 6.42 Å². The number of hydrogen-bond acceptors (Lipinski definition) is 2. The molecule has 0 aromatic carbocycles. The Balaban J connectivity index is 1.83. The fourth-order valence-corrected chi connectivity index (χ4v) is 1.12. The molecule has 2 atom stereocenters. The zero-order valence-corrected chi connectivity index (χ0v) is 6.43. The number of nitrogens with one attached hydrogen (secondary N) is 1. The summed E-state index contributed by atoms with van der Waals surface area (Å²) >= 11 is 0. The van der Waals surface area contributed by atoms with Crippen LogP contribution >= 0.6 is 0 Å². The van der Waals surface area contributed by atoms with E-state index in [0.29, 0.717) is 6.42 Å². The molecule has 1 N–H and O–H groups in total. The van der Waals surface area contributed by atoms with Gasteiger partial charge >= 0.3 is 0 Å². The summed E-state index contributed by atoms with van der Waals surface area (Å²) in [6.07, 6.45) is 2.01. The molecule has 0 saturated heterocycles. The first-order valence-corrected chi connectivity index (χ1v) is 3.92. The molecule has 2 heteroatoms. The summed E-state index contributed by atoms with van der Waals surface area (Å²) in [4.78, 5) is 0. The van der Waals surface area contributed by atoms with Crippen LogP contribution in [-0.2, 0) is 0 Å². The SMILES string of the molecule is CC1CC1CNCCC#N. The molecule has 0 heterocycles.